The number of fused-ring (bicyclic) bond motifs is 1. The number of hydrogen-bond acceptors (Lipinski definition) is 2. The van der Waals surface area contributed by atoms with Crippen molar-refractivity contribution in [3.63, 3.8) is 0 Å². The quantitative estimate of drug-likeness (QED) is 0.789. The molecule has 98 valence electrons. The topological polar surface area (TPSA) is 12.5 Å². The Morgan fingerprint density at radius 3 is 2.83 bits per heavy atom. The van der Waals surface area contributed by atoms with Gasteiger partial charge in [0.1, 0.15) is 0 Å². The Kier molecular flexibility index (Phi) is 3.73. The second-order valence-corrected chi connectivity index (χ2v) is 6.34. The maximum absolute atomic E-state index is 5.46. The summed E-state index contributed by atoms with van der Waals surface area (Å²) in [5.74, 6) is 0. The second kappa shape index (κ2) is 5.32. The zero-order valence-electron chi connectivity index (χ0n) is 10.9. The third-order valence-electron chi connectivity index (χ3n) is 4.26. The van der Waals surface area contributed by atoms with Crippen molar-refractivity contribution in [2.45, 2.75) is 38.8 Å². The molecule has 2 heterocycles. The summed E-state index contributed by atoms with van der Waals surface area (Å²) in [6.45, 7) is 6.42. The van der Waals surface area contributed by atoms with Crippen LogP contribution in [0.4, 0.5) is 0 Å². The molecule has 0 bridgehead atoms. The van der Waals surface area contributed by atoms with E-state index >= 15 is 0 Å². The first-order valence-corrected chi connectivity index (χ1v) is 7.63. The molecule has 0 aliphatic carbocycles. The lowest BCUT2D eigenvalue weighted by Gasteiger charge is -2.38. The van der Waals surface area contributed by atoms with Gasteiger partial charge in [-0.25, -0.2) is 0 Å². The van der Waals surface area contributed by atoms with E-state index in [1.165, 1.54) is 41.4 Å². The average molecular weight is 310 g/mol. The van der Waals surface area contributed by atoms with Crippen molar-refractivity contribution in [3.05, 3.63) is 33.3 Å². The summed E-state index contributed by atoms with van der Waals surface area (Å²) in [5, 5.41) is 0. The van der Waals surface area contributed by atoms with E-state index in [2.05, 4.69) is 39.9 Å². The molecule has 1 aromatic rings. The van der Waals surface area contributed by atoms with Gasteiger partial charge < -0.3 is 4.74 Å². The summed E-state index contributed by atoms with van der Waals surface area (Å²) in [5.41, 5.74) is 4.52. The maximum Gasteiger partial charge on any atom is 0.0480 e. The zero-order valence-corrected chi connectivity index (χ0v) is 12.5. The molecule has 0 aromatic heterocycles. The highest BCUT2D eigenvalue weighted by Gasteiger charge is 2.25. The fraction of sp³-hybridized carbons (Fsp3) is 0.600. The first kappa shape index (κ1) is 12.6. The summed E-state index contributed by atoms with van der Waals surface area (Å²) in [4.78, 5) is 2.65. The molecule has 3 rings (SSSR count). The number of benzene rings is 1. The van der Waals surface area contributed by atoms with Crippen molar-refractivity contribution in [1.29, 1.82) is 0 Å². The molecule has 2 aliphatic heterocycles. The standard InChI is InChI=1S/C15H20BrNO/c1-11-8-13(16)9-12-10-17(5-2-15(11)12)14-3-6-18-7-4-14/h8-9,14H,2-7,10H2,1H3. The number of hydrogen-bond donors (Lipinski definition) is 0. The van der Waals surface area contributed by atoms with Gasteiger partial charge in [-0.2, -0.15) is 0 Å². The molecule has 0 radical (unpaired) electrons. The van der Waals surface area contributed by atoms with E-state index in [0.717, 1.165) is 25.8 Å². The van der Waals surface area contributed by atoms with Gasteiger partial charge in [-0.3, -0.25) is 4.90 Å². The van der Waals surface area contributed by atoms with Crippen molar-refractivity contribution in [2.24, 2.45) is 0 Å². The van der Waals surface area contributed by atoms with Crippen LogP contribution in [0.5, 0.6) is 0 Å². The lowest BCUT2D eigenvalue weighted by molar-refractivity contribution is 0.0290. The number of aryl methyl sites for hydroxylation is 1. The second-order valence-electron chi connectivity index (χ2n) is 5.42. The predicted octanol–water partition coefficient (Wildman–Crippen LogP) is 3.29. The van der Waals surface area contributed by atoms with Crippen LogP contribution in [-0.4, -0.2) is 30.7 Å². The molecule has 2 nitrogen and oxygen atoms in total. The fourth-order valence-corrected chi connectivity index (χ4v) is 3.88. The molecule has 18 heavy (non-hydrogen) atoms. The highest BCUT2D eigenvalue weighted by molar-refractivity contribution is 9.10. The molecule has 0 saturated carbocycles. The Hall–Kier alpha value is -0.380. The molecule has 1 saturated heterocycles. The predicted molar refractivity (Wildman–Crippen MR) is 76.8 cm³/mol. The summed E-state index contributed by atoms with van der Waals surface area (Å²) >= 11 is 3.62. The fourth-order valence-electron chi connectivity index (χ4n) is 3.26. The summed E-state index contributed by atoms with van der Waals surface area (Å²) in [7, 11) is 0. The van der Waals surface area contributed by atoms with Gasteiger partial charge >= 0.3 is 0 Å². The first-order valence-electron chi connectivity index (χ1n) is 6.84. The number of rotatable bonds is 1. The molecule has 0 N–H and O–H groups in total. The molecular formula is C15H20BrNO. The van der Waals surface area contributed by atoms with Gasteiger partial charge in [0, 0.05) is 36.8 Å². The van der Waals surface area contributed by atoms with Crippen LogP contribution >= 0.6 is 15.9 Å². The molecular weight excluding hydrogens is 290 g/mol. The van der Waals surface area contributed by atoms with E-state index in [1.807, 2.05) is 0 Å². The molecule has 0 amide bonds. The number of nitrogens with zero attached hydrogens (tertiary/aromatic N) is 1. The smallest absolute Gasteiger partial charge is 0.0480 e. The van der Waals surface area contributed by atoms with Gasteiger partial charge in [-0.05, 0) is 55.0 Å². The third kappa shape index (κ3) is 2.49. The monoisotopic (exact) mass is 309 g/mol. The van der Waals surface area contributed by atoms with Crippen LogP contribution < -0.4 is 0 Å². The summed E-state index contributed by atoms with van der Waals surface area (Å²) in [6.07, 6.45) is 3.59. The Bertz CT molecular complexity index is 440. The number of ether oxygens (including phenoxy) is 1. The van der Waals surface area contributed by atoms with Crippen molar-refractivity contribution in [3.8, 4) is 0 Å². The molecule has 1 aromatic carbocycles. The molecule has 1 fully saturated rings. The van der Waals surface area contributed by atoms with Gasteiger partial charge in [-0.1, -0.05) is 15.9 Å². The van der Waals surface area contributed by atoms with Crippen LogP contribution in [0.1, 0.15) is 29.5 Å². The summed E-state index contributed by atoms with van der Waals surface area (Å²) in [6, 6.07) is 5.27. The number of halogens is 1. The minimum atomic E-state index is 0.728. The third-order valence-corrected chi connectivity index (χ3v) is 4.72. The molecule has 0 spiro atoms. The van der Waals surface area contributed by atoms with Crippen LogP contribution in [0.25, 0.3) is 0 Å². The molecule has 0 unspecified atom stereocenters. The Labute approximate surface area is 117 Å². The highest BCUT2D eigenvalue weighted by Crippen LogP contribution is 2.29. The van der Waals surface area contributed by atoms with Crippen LogP contribution in [0.3, 0.4) is 0 Å². The van der Waals surface area contributed by atoms with Crippen LogP contribution in [-0.2, 0) is 17.7 Å². The van der Waals surface area contributed by atoms with Crippen LogP contribution in [0, 0.1) is 6.92 Å². The SMILES string of the molecule is Cc1cc(Br)cc2c1CCN(C1CCOCC1)C2. The van der Waals surface area contributed by atoms with Crippen LogP contribution in [0.15, 0.2) is 16.6 Å². The van der Waals surface area contributed by atoms with Crippen molar-refractivity contribution in [1.82, 2.24) is 4.90 Å². The van der Waals surface area contributed by atoms with Gasteiger partial charge in [0.2, 0.25) is 0 Å². The normalized spacial score (nSPS) is 21.9. The van der Waals surface area contributed by atoms with Crippen molar-refractivity contribution >= 4 is 15.9 Å². The molecule has 0 atom stereocenters. The van der Waals surface area contributed by atoms with Crippen LogP contribution in [0.2, 0.25) is 0 Å². The highest BCUT2D eigenvalue weighted by atomic mass is 79.9. The van der Waals surface area contributed by atoms with Gasteiger partial charge in [0.25, 0.3) is 0 Å². The largest absolute Gasteiger partial charge is 0.381 e. The van der Waals surface area contributed by atoms with E-state index < -0.39 is 0 Å². The van der Waals surface area contributed by atoms with Gasteiger partial charge in [0.15, 0.2) is 0 Å². The van der Waals surface area contributed by atoms with E-state index in [-0.39, 0.29) is 0 Å². The Balaban J connectivity index is 1.79. The van der Waals surface area contributed by atoms with E-state index in [9.17, 15) is 0 Å². The van der Waals surface area contributed by atoms with E-state index in [1.54, 1.807) is 5.56 Å². The van der Waals surface area contributed by atoms with E-state index in [4.69, 9.17) is 4.74 Å². The minimum absolute atomic E-state index is 0.728. The van der Waals surface area contributed by atoms with Gasteiger partial charge in [-0.15, -0.1) is 0 Å². The average Bonchev–Trinajstić information content (AvgIpc) is 2.39. The van der Waals surface area contributed by atoms with E-state index in [0.29, 0.717) is 0 Å². The lowest BCUT2D eigenvalue weighted by atomic mass is 9.93. The molecule has 2 aliphatic rings. The van der Waals surface area contributed by atoms with Gasteiger partial charge in [0.05, 0.1) is 0 Å². The first-order chi connectivity index (χ1) is 8.74. The lowest BCUT2D eigenvalue weighted by Crippen LogP contribution is -2.42. The zero-order chi connectivity index (χ0) is 12.5. The minimum Gasteiger partial charge on any atom is -0.381 e. The summed E-state index contributed by atoms with van der Waals surface area (Å²) < 4.78 is 6.68. The molecule has 3 heteroatoms. The van der Waals surface area contributed by atoms with Crippen molar-refractivity contribution in [2.75, 3.05) is 19.8 Å². The van der Waals surface area contributed by atoms with Crippen molar-refractivity contribution < 1.29 is 4.74 Å². The maximum atomic E-state index is 5.46. The Morgan fingerprint density at radius 1 is 1.28 bits per heavy atom. The Morgan fingerprint density at radius 2 is 2.06 bits per heavy atom.